The Morgan fingerprint density at radius 3 is 2.71 bits per heavy atom. The largest absolute Gasteiger partial charge is 0.493 e. The molecule has 1 rings (SSSR count). The van der Waals surface area contributed by atoms with Crippen LogP contribution in [0.25, 0.3) is 0 Å². The lowest BCUT2D eigenvalue weighted by Crippen LogP contribution is -2.19. The predicted molar refractivity (Wildman–Crippen MR) is 88.9 cm³/mol. The summed E-state index contributed by atoms with van der Waals surface area (Å²) in [5.41, 5.74) is 2.29. The molecule has 5 heteroatoms. The Morgan fingerprint density at radius 2 is 2.00 bits per heavy atom. The molecule has 0 spiro atoms. The lowest BCUT2D eigenvalue weighted by Gasteiger charge is -2.15. The van der Waals surface area contributed by atoms with E-state index in [0.717, 1.165) is 53.7 Å². The molecule has 0 fully saturated rings. The molecule has 1 aromatic rings. The molecular weight excluding hydrogens is 334 g/mol. The molecule has 0 saturated heterocycles. The zero-order valence-corrected chi connectivity index (χ0v) is 14.5. The number of rotatable bonds is 11. The van der Waals surface area contributed by atoms with Crippen LogP contribution in [0.4, 0.5) is 0 Å². The second-order valence-corrected chi connectivity index (χ2v) is 5.93. The van der Waals surface area contributed by atoms with Crippen LogP contribution in [0.15, 0.2) is 16.6 Å². The summed E-state index contributed by atoms with van der Waals surface area (Å²) in [5, 5.41) is 12.1. The van der Waals surface area contributed by atoms with Gasteiger partial charge in [-0.05, 0) is 43.9 Å². The molecule has 0 amide bonds. The van der Waals surface area contributed by atoms with Gasteiger partial charge in [0.1, 0.15) is 5.75 Å². The van der Waals surface area contributed by atoms with Crippen molar-refractivity contribution in [2.24, 2.45) is 0 Å². The summed E-state index contributed by atoms with van der Waals surface area (Å²) in [6.45, 7) is 5.28. The number of halogens is 1. The predicted octanol–water partition coefficient (Wildman–Crippen LogP) is 3.03. The van der Waals surface area contributed by atoms with E-state index in [0.29, 0.717) is 13.2 Å². The van der Waals surface area contributed by atoms with Crippen molar-refractivity contribution >= 4 is 15.9 Å². The minimum Gasteiger partial charge on any atom is -0.493 e. The molecule has 0 aliphatic rings. The highest BCUT2D eigenvalue weighted by molar-refractivity contribution is 9.10. The van der Waals surface area contributed by atoms with E-state index in [1.807, 2.05) is 0 Å². The van der Waals surface area contributed by atoms with Gasteiger partial charge in [-0.25, -0.2) is 0 Å². The van der Waals surface area contributed by atoms with E-state index in [1.165, 1.54) is 0 Å². The number of methoxy groups -OCH3 is 1. The highest BCUT2D eigenvalue weighted by Gasteiger charge is 2.09. The molecule has 0 aliphatic carbocycles. The summed E-state index contributed by atoms with van der Waals surface area (Å²) < 4.78 is 12.1. The molecule has 21 heavy (non-hydrogen) atoms. The van der Waals surface area contributed by atoms with Crippen molar-refractivity contribution in [3.05, 3.63) is 27.7 Å². The summed E-state index contributed by atoms with van der Waals surface area (Å²) >= 11 is 3.54. The Bertz CT molecular complexity index is 413. The van der Waals surface area contributed by atoms with Crippen LogP contribution >= 0.6 is 15.9 Å². The standard InChI is InChI=1S/C16H26BrNO3/c1-13-10-15(17)11-14(12-18-6-9-20-2)16(13)21-8-5-3-4-7-19/h10-11,18-19H,3-9,12H2,1-2H3. The van der Waals surface area contributed by atoms with Crippen LogP contribution in [0.5, 0.6) is 5.75 Å². The van der Waals surface area contributed by atoms with Crippen molar-refractivity contribution in [3.63, 3.8) is 0 Å². The fourth-order valence-electron chi connectivity index (χ4n) is 2.10. The second kappa shape index (κ2) is 11.0. The Labute approximate surface area is 136 Å². The zero-order valence-electron chi connectivity index (χ0n) is 13.0. The molecule has 2 N–H and O–H groups in total. The number of nitrogens with one attached hydrogen (secondary N) is 1. The molecule has 0 atom stereocenters. The number of benzene rings is 1. The van der Waals surface area contributed by atoms with Crippen molar-refractivity contribution in [3.8, 4) is 5.75 Å². The maximum Gasteiger partial charge on any atom is 0.126 e. The Balaban J connectivity index is 2.57. The smallest absolute Gasteiger partial charge is 0.126 e. The van der Waals surface area contributed by atoms with Crippen molar-refractivity contribution in [1.82, 2.24) is 5.32 Å². The van der Waals surface area contributed by atoms with Crippen molar-refractivity contribution in [2.75, 3.05) is 33.5 Å². The van der Waals surface area contributed by atoms with E-state index < -0.39 is 0 Å². The number of hydrogen-bond acceptors (Lipinski definition) is 4. The Kier molecular flexibility index (Phi) is 9.67. The zero-order chi connectivity index (χ0) is 15.5. The van der Waals surface area contributed by atoms with Gasteiger partial charge in [0.05, 0.1) is 13.2 Å². The molecule has 1 aromatic carbocycles. The third kappa shape index (κ3) is 7.27. The first-order chi connectivity index (χ1) is 10.2. The molecule has 0 aromatic heterocycles. The summed E-state index contributed by atoms with van der Waals surface area (Å²) in [4.78, 5) is 0. The highest BCUT2D eigenvalue weighted by Crippen LogP contribution is 2.28. The number of ether oxygens (including phenoxy) is 2. The minimum absolute atomic E-state index is 0.256. The lowest BCUT2D eigenvalue weighted by atomic mass is 10.1. The van der Waals surface area contributed by atoms with Gasteiger partial charge in [0.25, 0.3) is 0 Å². The first-order valence-electron chi connectivity index (χ1n) is 7.41. The molecule has 0 radical (unpaired) electrons. The third-order valence-corrected chi connectivity index (χ3v) is 3.62. The third-order valence-electron chi connectivity index (χ3n) is 3.16. The number of unbranched alkanes of at least 4 members (excludes halogenated alkanes) is 2. The molecule has 0 heterocycles. The van der Waals surface area contributed by atoms with Gasteiger partial charge in [0.15, 0.2) is 0 Å². The van der Waals surface area contributed by atoms with E-state index in [9.17, 15) is 0 Å². The molecule has 0 saturated carbocycles. The van der Waals surface area contributed by atoms with Crippen molar-refractivity contribution in [1.29, 1.82) is 0 Å². The van der Waals surface area contributed by atoms with Gasteiger partial charge in [-0.15, -0.1) is 0 Å². The van der Waals surface area contributed by atoms with Crippen molar-refractivity contribution in [2.45, 2.75) is 32.7 Å². The quantitative estimate of drug-likeness (QED) is 0.596. The molecule has 0 bridgehead atoms. The number of hydrogen-bond donors (Lipinski definition) is 2. The fraction of sp³-hybridized carbons (Fsp3) is 0.625. The van der Waals surface area contributed by atoms with Crippen LogP contribution in [0.2, 0.25) is 0 Å². The van der Waals surface area contributed by atoms with Gasteiger partial charge in [0, 0.05) is 36.8 Å². The van der Waals surface area contributed by atoms with E-state index in [-0.39, 0.29) is 6.61 Å². The van der Waals surface area contributed by atoms with Gasteiger partial charge in [-0.3, -0.25) is 0 Å². The van der Waals surface area contributed by atoms with Crippen molar-refractivity contribution < 1.29 is 14.6 Å². The monoisotopic (exact) mass is 359 g/mol. The Hall–Kier alpha value is -0.620. The first-order valence-corrected chi connectivity index (χ1v) is 8.20. The van der Waals surface area contributed by atoms with Gasteiger partial charge >= 0.3 is 0 Å². The van der Waals surface area contributed by atoms with Gasteiger partial charge < -0.3 is 19.9 Å². The highest BCUT2D eigenvalue weighted by atomic mass is 79.9. The molecular formula is C16H26BrNO3. The SMILES string of the molecule is COCCNCc1cc(Br)cc(C)c1OCCCCCO. The number of aliphatic hydroxyl groups is 1. The molecule has 4 nitrogen and oxygen atoms in total. The summed E-state index contributed by atoms with van der Waals surface area (Å²) in [6.07, 6.45) is 2.80. The topological polar surface area (TPSA) is 50.7 Å². The average molecular weight is 360 g/mol. The van der Waals surface area contributed by atoms with E-state index in [1.54, 1.807) is 7.11 Å². The summed E-state index contributed by atoms with van der Waals surface area (Å²) in [5.74, 6) is 0.965. The van der Waals surface area contributed by atoms with Crippen LogP contribution < -0.4 is 10.1 Å². The lowest BCUT2D eigenvalue weighted by molar-refractivity contribution is 0.199. The maximum atomic E-state index is 8.78. The van der Waals surface area contributed by atoms with E-state index in [2.05, 4.69) is 40.3 Å². The normalized spacial score (nSPS) is 10.9. The number of aryl methyl sites for hydroxylation is 1. The fourth-order valence-corrected chi connectivity index (χ4v) is 2.72. The first kappa shape index (κ1) is 18.4. The summed E-state index contributed by atoms with van der Waals surface area (Å²) in [6, 6.07) is 4.16. The second-order valence-electron chi connectivity index (χ2n) is 5.01. The van der Waals surface area contributed by atoms with Crippen LogP contribution in [-0.2, 0) is 11.3 Å². The van der Waals surface area contributed by atoms with E-state index in [4.69, 9.17) is 14.6 Å². The van der Waals surface area contributed by atoms with Crippen LogP contribution in [-0.4, -0.2) is 38.6 Å². The molecule has 0 unspecified atom stereocenters. The van der Waals surface area contributed by atoms with E-state index >= 15 is 0 Å². The van der Waals surface area contributed by atoms with Crippen LogP contribution in [0, 0.1) is 6.92 Å². The van der Waals surface area contributed by atoms with Crippen LogP contribution in [0.3, 0.4) is 0 Å². The van der Waals surface area contributed by atoms with Gasteiger partial charge in [-0.2, -0.15) is 0 Å². The Morgan fingerprint density at radius 1 is 1.19 bits per heavy atom. The molecule has 0 aliphatic heterocycles. The van der Waals surface area contributed by atoms with Gasteiger partial charge in [0.2, 0.25) is 0 Å². The maximum absolute atomic E-state index is 8.78. The minimum atomic E-state index is 0.256. The summed E-state index contributed by atoms with van der Waals surface area (Å²) in [7, 11) is 1.70. The molecule has 120 valence electrons. The van der Waals surface area contributed by atoms with Gasteiger partial charge in [-0.1, -0.05) is 15.9 Å². The van der Waals surface area contributed by atoms with Crippen LogP contribution in [0.1, 0.15) is 30.4 Å². The number of aliphatic hydroxyl groups excluding tert-OH is 1. The average Bonchev–Trinajstić information content (AvgIpc) is 2.45.